The second-order valence-corrected chi connectivity index (χ2v) is 2.13. The first-order chi connectivity index (χ1) is 3.18. The Hall–Kier alpha value is 0.270. The zero-order chi connectivity index (χ0) is 5.86. The minimum Gasteiger partial charge on any atom is -0.412 e. The van der Waals surface area contributed by atoms with Gasteiger partial charge in [-0.1, -0.05) is 0 Å². The maximum absolute atomic E-state index is 8.42. The van der Waals surface area contributed by atoms with Gasteiger partial charge in [0.2, 0.25) is 0 Å². The molecule has 0 aliphatic carbocycles. The van der Waals surface area contributed by atoms with Crippen LogP contribution in [0.5, 0.6) is 0 Å². The zero-order valence-corrected chi connectivity index (χ0v) is 5.34. The highest BCUT2D eigenvalue weighted by Crippen LogP contribution is 2.11. The van der Waals surface area contributed by atoms with Crippen LogP contribution in [-0.4, -0.2) is 39.6 Å². The van der Waals surface area contributed by atoms with Gasteiger partial charge in [0.05, 0.1) is 0 Å². The molecule has 1 unspecified atom stereocenters. The molecule has 1 radical (unpaired) electrons. The standard InChI is InChI=1S/C3H8O3P.H2O/c1-7-3(6)2(4)5;/h2-6H,1H3;1H2. The molecular weight excluding hydrogens is 131 g/mol. The highest BCUT2D eigenvalue weighted by atomic mass is 31.1. The molecule has 0 saturated heterocycles. The molecular formula is C3H10O4P. The Morgan fingerprint density at radius 1 is 1.25 bits per heavy atom. The van der Waals surface area contributed by atoms with Crippen molar-refractivity contribution < 1.29 is 20.8 Å². The van der Waals surface area contributed by atoms with Crippen molar-refractivity contribution >= 4 is 8.58 Å². The van der Waals surface area contributed by atoms with E-state index in [9.17, 15) is 0 Å². The van der Waals surface area contributed by atoms with E-state index in [0.29, 0.717) is 8.58 Å². The van der Waals surface area contributed by atoms with Gasteiger partial charge < -0.3 is 20.8 Å². The molecule has 0 aromatic rings. The molecule has 0 aromatic carbocycles. The van der Waals surface area contributed by atoms with Crippen molar-refractivity contribution in [2.75, 3.05) is 6.66 Å². The van der Waals surface area contributed by atoms with Gasteiger partial charge in [0.15, 0.2) is 6.29 Å². The molecule has 5 N–H and O–H groups in total. The first-order valence-corrected chi connectivity index (χ1v) is 3.22. The summed E-state index contributed by atoms with van der Waals surface area (Å²) < 4.78 is 0. The molecule has 0 spiro atoms. The Morgan fingerprint density at radius 2 is 1.62 bits per heavy atom. The van der Waals surface area contributed by atoms with Gasteiger partial charge in [0.1, 0.15) is 5.85 Å². The Bertz CT molecular complexity index is 48.5. The van der Waals surface area contributed by atoms with Crippen LogP contribution in [-0.2, 0) is 0 Å². The van der Waals surface area contributed by atoms with Crippen molar-refractivity contribution in [2.24, 2.45) is 0 Å². The van der Waals surface area contributed by atoms with Crippen LogP contribution in [0, 0.1) is 0 Å². The Labute approximate surface area is 49.2 Å². The molecule has 0 amide bonds. The van der Waals surface area contributed by atoms with Gasteiger partial charge in [0.25, 0.3) is 0 Å². The van der Waals surface area contributed by atoms with Crippen LogP contribution in [0.4, 0.5) is 0 Å². The first-order valence-electron chi connectivity index (χ1n) is 1.81. The largest absolute Gasteiger partial charge is 0.412 e. The lowest BCUT2D eigenvalue weighted by Crippen LogP contribution is -2.19. The molecule has 1 atom stereocenters. The summed E-state index contributed by atoms with van der Waals surface area (Å²) in [7, 11) is 0.578. The molecule has 0 aromatic heterocycles. The minimum atomic E-state index is -1.59. The van der Waals surface area contributed by atoms with Crippen molar-refractivity contribution in [2.45, 2.75) is 12.1 Å². The Morgan fingerprint density at radius 3 is 1.62 bits per heavy atom. The summed E-state index contributed by atoms with van der Waals surface area (Å²) in [6.45, 7) is 1.64. The van der Waals surface area contributed by atoms with Crippen LogP contribution >= 0.6 is 8.58 Å². The average molecular weight is 141 g/mol. The molecule has 5 heteroatoms. The summed E-state index contributed by atoms with van der Waals surface area (Å²) in [6, 6.07) is 0. The topological polar surface area (TPSA) is 92.2 Å². The van der Waals surface area contributed by atoms with Crippen LogP contribution in [0.3, 0.4) is 0 Å². The first kappa shape index (κ1) is 11.1. The number of hydrogen-bond donors (Lipinski definition) is 3. The van der Waals surface area contributed by atoms with E-state index in [-0.39, 0.29) is 5.48 Å². The van der Waals surface area contributed by atoms with Crippen LogP contribution in [0.2, 0.25) is 0 Å². The number of rotatable bonds is 2. The monoisotopic (exact) mass is 141 g/mol. The van der Waals surface area contributed by atoms with Gasteiger partial charge in [-0.3, -0.25) is 0 Å². The van der Waals surface area contributed by atoms with Crippen molar-refractivity contribution in [3.63, 3.8) is 0 Å². The van der Waals surface area contributed by atoms with Crippen LogP contribution < -0.4 is 0 Å². The fourth-order valence-electron chi connectivity index (χ4n) is 0.133. The van der Waals surface area contributed by atoms with E-state index in [4.69, 9.17) is 15.3 Å². The predicted octanol–water partition coefficient (Wildman–Crippen LogP) is -1.63. The van der Waals surface area contributed by atoms with Gasteiger partial charge in [0, 0.05) is 0 Å². The van der Waals surface area contributed by atoms with Crippen molar-refractivity contribution in [1.82, 2.24) is 0 Å². The molecule has 0 rings (SSSR count). The normalized spacial score (nSPS) is 14.6. The fraction of sp³-hybridized carbons (Fsp3) is 1.00. The van der Waals surface area contributed by atoms with E-state index in [1.165, 1.54) is 0 Å². The third kappa shape index (κ3) is 4.43. The van der Waals surface area contributed by atoms with Gasteiger partial charge in [-0.15, -0.1) is 0 Å². The van der Waals surface area contributed by atoms with Gasteiger partial charge in [-0.05, 0) is 15.2 Å². The molecule has 51 valence electrons. The smallest absolute Gasteiger partial charge is 0.182 e. The van der Waals surface area contributed by atoms with Crippen LogP contribution in [0.25, 0.3) is 0 Å². The summed E-state index contributed by atoms with van der Waals surface area (Å²) >= 11 is 0. The molecule has 0 aliphatic heterocycles. The SMILES string of the molecule is C[P]C(O)C(O)O.O. The summed E-state index contributed by atoms with van der Waals surface area (Å²) in [5, 5.41) is 24.7. The van der Waals surface area contributed by atoms with E-state index in [1.807, 2.05) is 0 Å². The summed E-state index contributed by atoms with van der Waals surface area (Å²) in [5.41, 5.74) is 0. The second kappa shape index (κ2) is 5.41. The van der Waals surface area contributed by atoms with Gasteiger partial charge in [-0.25, -0.2) is 0 Å². The summed E-state index contributed by atoms with van der Waals surface area (Å²) in [6.07, 6.45) is -1.59. The Balaban J connectivity index is 0. The number of aliphatic hydroxyl groups excluding tert-OH is 2. The van der Waals surface area contributed by atoms with E-state index in [2.05, 4.69) is 0 Å². The Kier molecular flexibility index (Phi) is 7.52. The third-order valence-electron chi connectivity index (χ3n) is 0.531. The second-order valence-electron chi connectivity index (χ2n) is 1.09. The van der Waals surface area contributed by atoms with Crippen molar-refractivity contribution in [1.29, 1.82) is 0 Å². The number of aliphatic hydroxyl groups is 3. The van der Waals surface area contributed by atoms with E-state index in [0.717, 1.165) is 0 Å². The lowest BCUT2D eigenvalue weighted by atomic mass is 10.7. The minimum absolute atomic E-state index is 0. The van der Waals surface area contributed by atoms with E-state index < -0.39 is 12.1 Å². The van der Waals surface area contributed by atoms with Crippen molar-refractivity contribution in [3.8, 4) is 0 Å². The van der Waals surface area contributed by atoms with E-state index in [1.54, 1.807) is 6.66 Å². The molecule has 8 heavy (non-hydrogen) atoms. The lowest BCUT2D eigenvalue weighted by molar-refractivity contribution is -0.0896. The highest BCUT2D eigenvalue weighted by molar-refractivity contribution is 7.37. The molecule has 0 fully saturated rings. The van der Waals surface area contributed by atoms with E-state index >= 15 is 0 Å². The van der Waals surface area contributed by atoms with Gasteiger partial charge >= 0.3 is 0 Å². The fourth-order valence-corrected chi connectivity index (χ4v) is 0.400. The molecule has 0 aliphatic rings. The number of hydrogen-bond acceptors (Lipinski definition) is 3. The predicted molar refractivity (Wildman–Crippen MR) is 30.7 cm³/mol. The maximum atomic E-state index is 8.42. The quantitative estimate of drug-likeness (QED) is 0.318. The van der Waals surface area contributed by atoms with Crippen LogP contribution in [0.15, 0.2) is 0 Å². The zero-order valence-electron chi connectivity index (χ0n) is 4.44. The summed E-state index contributed by atoms with van der Waals surface area (Å²) in [5.74, 6) is -1.01. The third-order valence-corrected chi connectivity index (χ3v) is 1.33. The molecule has 0 heterocycles. The molecule has 0 saturated carbocycles. The van der Waals surface area contributed by atoms with Crippen LogP contribution in [0.1, 0.15) is 0 Å². The molecule has 0 bridgehead atoms. The maximum Gasteiger partial charge on any atom is 0.182 e. The average Bonchev–Trinajstić information content (AvgIpc) is 1.65. The summed E-state index contributed by atoms with van der Waals surface area (Å²) in [4.78, 5) is 0. The lowest BCUT2D eigenvalue weighted by Gasteiger charge is -2.06. The van der Waals surface area contributed by atoms with Crippen molar-refractivity contribution in [3.05, 3.63) is 0 Å². The highest BCUT2D eigenvalue weighted by Gasteiger charge is 2.08. The molecule has 4 nitrogen and oxygen atoms in total. The van der Waals surface area contributed by atoms with Gasteiger partial charge in [-0.2, -0.15) is 0 Å².